The highest BCUT2D eigenvalue weighted by Gasteiger charge is 2.40. The summed E-state index contributed by atoms with van der Waals surface area (Å²) in [6, 6.07) is -0.766. The highest BCUT2D eigenvalue weighted by Crippen LogP contribution is 2.18. The van der Waals surface area contributed by atoms with Crippen LogP contribution in [0.1, 0.15) is 68.3 Å². The Morgan fingerprint density at radius 1 is 0.587 bits per heavy atom. The van der Waals surface area contributed by atoms with Crippen LogP contribution in [0.15, 0.2) is 118 Å². The topological polar surface area (TPSA) is 612 Å². The average molecular weight is 1650 g/mol. The minimum absolute atomic E-state index is 0.205. The summed E-state index contributed by atoms with van der Waals surface area (Å²) in [7, 11) is 0. The van der Waals surface area contributed by atoms with Crippen LogP contribution in [-0.4, -0.2) is 245 Å². The molecule has 0 radical (unpaired) electrons. The minimum Gasteiger partial charge on any atom is -0.480 e. The highest BCUT2D eigenvalue weighted by atomic mass is 79.9. The van der Waals surface area contributed by atoms with E-state index in [9.17, 15) is 108 Å². The van der Waals surface area contributed by atoms with Gasteiger partial charge in [-0.15, -0.1) is 0 Å². The summed E-state index contributed by atoms with van der Waals surface area (Å²) in [6.07, 6.45) is -7.85. The number of halogens is 2. The molecule has 4 aromatic rings. The van der Waals surface area contributed by atoms with E-state index in [1.165, 1.54) is 18.2 Å². The first kappa shape index (κ1) is 87.0. The smallest absolute Gasteiger partial charge is 0.326 e. The number of nitrogens with two attached hydrogens (primary N) is 2. The summed E-state index contributed by atoms with van der Waals surface area (Å²) < 4.78 is 2.41. The second-order valence-electron chi connectivity index (χ2n) is 25.6. The van der Waals surface area contributed by atoms with Crippen molar-refractivity contribution >= 4 is 127 Å². The molecule has 0 saturated heterocycles. The lowest BCUT2D eigenvalue weighted by molar-refractivity contribution is -0.143. The predicted octanol–water partition coefficient (Wildman–Crippen LogP) is -6.97. The van der Waals surface area contributed by atoms with E-state index in [1.807, 2.05) is 5.32 Å². The fraction of sp³-hybridized carbons (Fsp3) is 0.420. The van der Waals surface area contributed by atoms with Crippen LogP contribution in [-0.2, 0) is 97.7 Å². The Labute approximate surface area is 638 Å². The number of carbonyl (C=O) groups is 15. The number of aromatic nitrogens is 2. The van der Waals surface area contributed by atoms with Gasteiger partial charge in [0.25, 0.3) is 0 Å². The third-order valence-electron chi connectivity index (χ3n) is 16.8. The Bertz CT molecular complexity index is 4020. The van der Waals surface area contributed by atoms with Gasteiger partial charge in [0, 0.05) is 60.2 Å². The number of carboxylic acids is 1. The molecule has 0 saturated carbocycles. The Morgan fingerprint density at radius 2 is 1.12 bits per heavy atom. The monoisotopic (exact) mass is 1650 g/mol. The molecule has 2 aliphatic rings. The van der Waals surface area contributed by atoms with Crippen molar-refractivity contribution < 1.29 is 108 Å². The third kappa shape index (κ3) is 28.0. The standard InChI is InChI=1S/C69H86Br2N16O22/c1-33(8-9-35-10-14-38(70)15-11-35)20-51(92)42-27-55(96)78-49(30-88)65(104)83-48-29-87-28-40(75-32-87)23-45(62(101)85-56(34(2)90)67(106)84-50(31-89)66(105)80-44(61(100)79-42)21-36-6-4-3-5-7-36)76-54(95)25-41(91)24-47(69(108)109)77-53(94)18-19-74-60(99)43(22-37-12-16-39(71)17-13-37)82-68(107)57(58(97)59(73)98)86-63(102)46(26-52(72)93)81-64(48)103/h3-17,20,28,32,34,41-51,56-58,88-92,97H,18-19,21-27,29-31H2,1-2H3,(H2,72,93)(H2,73,98)(H,74,99)(H,76,95)(H,77,94)(H,78,96)(H,79,100)(H,80,105)(H,81,103)(H,82,107)(H,83,104)(H,84,106)(H,85,101)(H,86,102)(H,108,109). The summed E-state index contributed by atoms with van der Waals surface area (Å²) in [4.78, 5) is 214. The Kier molecular flexibility index (Phi) is 33.6. The van der Waals surface area contributed by atoms with Gasteiger partial charge in [0.05, 0.1) is 69.0 Å². The average Bonchev–Trinajstić information content (AvgIpc) is 1.62. The number of nitrogens with one attached hydrogen (secondary N) is 12. The number of aliphatic carboxylic acids is 1. The fourth-order valence-electron chi connectivity index (χ4n) is 11.0. The normalized spacial score (nSPS) is 25.4. The zero-order chi connectivity index (χ0) is 80.3. The first-order valence-electron chi connectivity index (χ1n) is 33.8. The van der Waals surface area contributed by atoms with Gasteiger partial charge in [0.1, 0.15) is 60.4 Å². The van der Waals surface area contributed by atoms with Gasteiger partial charge >= 0.3 is 5.97 Å². The number of carbonyl (C=O) groups excluding carboxylic acids is 14. The number of hydrogen-bond acceptors (Lipinski definition) is 22. The van der Waals surface area contributed by atoms with Crippen molar-refractivity contribution in [2.75, 3.05) is 19.8 Å². The van der Waals surface area contributed by atoms with Gasteiger partial charge in [0.2, 0.25) is 82.7 Å². The molecule has 3 aromatic carbocycles. The number of primary amides is 2. The molecule has 0 aliphatic carbocycles. The maximum Gasteiger partial charge on any atom is 0.326 e. The molecular formula is C69H86Br2N16O22. The SMILES string of the molecule is CC(C=Cc1ccc(Br)cc1)=CC(O)C1CC(=O)NC(CO)C(=O)NC2Cn3cnc(c3)CC(NC(=O)CC(O)CC(C(=O)O)NC(=O)CCNC(=O)C(Cc3ccc(Br)cc3)NC(=O)C(C(O)C(N)=O)NC(=O)C(CC(N)=O)NC2=O)C(=O)NC(C(C)O)C(=O)NC(CO)C(=O)NC(Cc2ccccc2)C(=O)N1. The first-order chi connectivity index (χ1) is 51.6. The lowest BCUT2D eigenvalue weighted by Crippen LogP contribution is -2.63. The lowest BCUT2D eigenvalue weighted by Gasteiger charge is -2.28. The number of allylic oxidation sites excluding steroid dienone is 2. The third-order valence-corrected chi connectivity index (χ3v) is 17.9. The van der Waals surface area contributed by atoms with E-state index < -0.39 is 244 Å². The van der Waals surface area contributed by atoms with Crippen LogP contribution in [0.3, 0.4) is 0 Å². The molecule has 4 bridgehead atoms. The van der Waals surface area contributed by atoms with Crippen LogP contribution in [0.5, 0.6) is 0 Å². The number of fused-ring (bicyclic) bond motifs is 2. The van der Waals surface area contributed by atoms with Crippen LogP contribution in [0.2, 0.25) is 0 Å². The zero-order valence-electron chi connectivity index (χ0n) is 58.6. The molecule has 14 amide bonds. The van der Waals surface area contributed by atoms with E-state index in [4.69, 9.17) is 11.5 Å². The number of hydrogen-bond donors (Lipinski definition) is 21. The molecule has 3 heterocycles. The van der Waals surface area contributed by atoms with Crippen molar-refractivity contribution in [2.24, 2.45) is 11.5 Å². The molecule has 6 rings (SSSR count). The van der Waals surface area contributed by atoms with Gasteiger partial charge in [-0.3, -0.25) is 67.1 Å². The number of nitrogens with zero attached hydrogens (tertiary/aromatic N) is 2. The van der Waals surface area contributed by atoms with Crippen LogP contribution in [0.4, 0.5) is 0 Å². The summed E-state index contributed by atoms with van der Waals surface area (Å²) in [5, 5.41) is 104. The Balaban J connectivity index is 1.49. The second-order valence-corrected chi connectivity index (χ2v) is 27.5. The molecule has 109 heavy (non-hydrogen) atoms. The van der Waals surface area contributed by atoms with Crippen molar-refractivity contribution in [3.8, 4) is 0 Å². The number of benzene rings is 3. The van der Waals surface area contributed by atoms with Crippen LogP contribution in [0, 0.1) is 0 Å². The minimum atomic E-state index is -2.66. The van der Waals surface area contributed by atoms with Gasteiger partial charge in [0.15, 0.2) is 6.10 Å². The maximum absolute atomic E-state index is 14.9. The number of imidazole rings is 1. The van der Waals surface area contributed by atoms with Gasteiger partial charge < -0.3 is 116 Å². The summed E-state index contributed by atoms with van der Waals surface area (Å²) >= 11 is 6.65. The van der Waals surface area contributed by atoms with E-state index in [1.54, 1.807) is 85.8 Å². The molecule has 40 heteroatoms. The van der Waals surface area contributed by atoms with Gasteiger partial charge in [-0.2, -0.15) is 0 Å². The molecule has 2 aliphatic heterocycles. The first-order valence-corrected chi connectivity index (χ1v) is 35.4. The summed E-state index contributed by atoms with van der Waals surface area (Å²) in [6.45, 7) is -1.30. The maximum atomic E-state index is 14.9. The molecule has 23 N–H and O–H groups in total. The number of rotatable bonds is 16. The van der Waals surface area contributed by atoms with Crippen molar-refractivity contribution in [3.63, 3.8) is 0 Å². The van der Waals surface area contributed by atoms with Gasteiger partial charge in [-0.05, 0) is 54.8 Å². The van der Waals surface area contributed by atoms with Gasteiger partial charge in [-0.25, -0.2) is 9.78 Å². The summed E-state index contributed by atoms with van der Waals surface area (Å²) in [5.74, 6) is -20.1. The molecule has 15 unspecified atom stereocenters. The Morgan fingerprint density at radius 3 is 1.73 bits per heavy atom. The largest absolute Gasteiger partial charge is 0.480 e. The van der Waals surface area contributed by atoms with E-state index in [-0.39, 0.29) is 18.5 Å². The van der Waals surface area contributed by atoms with Crippen molar-refractivity contribution in [1.82, 2.24) is 73.4 Å². The molecule has 38 nitrogen and oxygen atoms in total. The highest BCUT2D eigenvalue weighted by molar-refractivity contribution is 9.10. The number of aliphatic hydroxyl groups is 6. The molecule has 15 atom stereocenters. The quantitative estimate of drug-likeness (QED) is 0.0464. The molecular weight excluding hydrogens is 1560 g/mol. The Hall–Kier alpha value is -10.9. The van der Waals surface area contributed by atoms with Crippen molar-refractivity contribution in [3.05, 3.63) is 140 Å². The molecule has 588 valence electrons. The molecule has 0 spiro atoms. The van der Waals surface area contributed by atoms with E-state index in [0.29, 0.717) is 26.7 Å². The van der Waals surface area contributed by atoms with E-state index >= 15 is 0 Å². The van der Waals surface area contributed by atoms with E-state index in [0.717, 1.165) is 28.5 Å². The fourth-order valence-corrected chi connectivity index (χ4v) is 11.6. The van der Waals surface area contributed by atoms with Crippen LogP contribution < -0.4 is 75.3 Å². The van der Waals surface area contributed by atoms with Crippen molar-refractivity contribution in [1.29, 1.82) is 0 Å². The lowest BCUT2D eigenvalue weighted by atomic mass is 10.0. The van der Waals surface area contributed by atoms with Gasteiger partial charge in [-0.1, -0.05) is 110 Å². The molecule has 1 aromatic heterocycles. The molecule has 0 fully saturated rings. The number of carboxylic acid groups (broad SMARTS) is 1. The number of aliphatic hydroxyl groups excluding tert-OH is 6. The van der Waals surface area contributed by atoms with Crippen molar-refractivity contribution in [2.45, 2.75) is 163 Å². The summed E-state index contributed by atoms with van der Waals surface area (Å²) in [5.41, 5.74) is 12.6. The van der Waals surface area contributed by atoms with E-state index in [2.05, 4.69) is 95.3 Å². The second kappa shape index (κ2) is 42.0. The van der Waals surface area contributed by atoms with Crippen LogP contribution in [0.25, 0.3) is 6.08 Å². The number of amides is 14. The van der Waals surface area contributed by atoms with Crippen LogP contribution >= 0.6 is 31.9 Å². The zero-order valence-corrected chi connectivity index (χ0v) is 61.8. The predicted molar refractivity (Wildman–Crippen MR) is 388 cm³/mol.